The average Bonchev–Trinajstić information content (AvgIpc) is 2.90. The molecule has 2 rings (SSSR count). The number of carbonyl (C=O) groups excluding carboxylic acids is 2. The van der Waals surface area contributed by atoms with Crippen molar-refractivity contribution in [3.05, 3.63) is 29.2 Å². The van der Waals surface area contributed by atoms with Gasteiger partial charge in [0.1, 0.15) is 6.04 Å². The van der Waals surface area contributed by atoms with Gasteiger partial charge in [-0.25, -0.2) is 4.98 Å². The van der Waals surface area contributed by atoms with Gasteiger partial charge in [0.25, 0.3) is 0 Å². The lowest BCUT2D eigenvalue weighted by molar-refractivity contribution is -0.135. The summed E-state index contributed by atoms with van der Waals surface area (Å²) in [6.07, 6.45) is 3.05. The molecule has 1 aliphatic heterocycles. The molecule has 1 aromatic heterocycles. The SMILES string of the molecule is C=CC[C@H](NC(C)=O)C(=O)N1CCCN(Cc2cscn2)CC1. The second-order valence-electron chi connectivity index (χ2n) is 5.71. The van der Waals surface area contributed by atoms with Gasteiger partial charge in [-0.1, -0.05) is 6.08 Å². The van der Waals surface area contributed by atoms with Gasteiger partial charge < -0.3 is 10.2 Å². The van der Waals surface area contributed by atoms with Crippen LogP contribution < -0.4 is 5.32 Å². The monoisotopic (exact) mass is 336 g/mol. The number of nitrogens with one attached hydrogen (secondary N) is 1. The van der Waals surface area contributed by atoms with Crippen molar-refractivity contribution in [3.63, 3.8) is 0 Å². The minimum Gasteiger partial charge on any atom is -0.344 e. The van der Waals surface area contributed by atoms with Gasteiger partial charge in [-0.3, -0.25) is 14.5 Å². The third-order valence-electron chi connectivity index (χ3n) is 3.85. The fourth-order valence-electron chi connectivity index (χ4n) is 2.75. The minimum absolute atomic E-state index is 0.0180. The summed E-state index contributed by atoms with van der Waals surface area (Å²) in [5.41, 5.74) is 2.92. The minimum atomic E-state index is -0.505. The summed E-state index contributed by atoms with van der Waals surface area (Å²) >= 11 is 1.60. The third-order valence-corrected chi connectivity index (χ3v) is 4.48. The normalized spacial score (nSPS) is 17.3. The number of hydrogen-bond acceptors (Lipinski definition) is 5. The van der Waals surface area contributed by atoms with E-state index in [0.717, 1.165) is 38.3 Å². The number of rotatable bonds is 6. The highest BCUT2D eigenvalue weighted by Crippen LogP contribution is 2.11. The molecule has 23 heavy (non-hydrogen) atoms. The second kappa shape index (κ2) is 8.79. The van der Waals surface area contributed by atoms with Gasteiger partial charge in [0.2, 0.25) is 11.8 Å². The van der Waals surface area contributed by atoms with Crippen LogP contribution in [0.3, 0.4) is 0 Å². The zero-order valence-corrected chi connectivity index (χ0v) is 14.3. The summed E-state index contributed by atoms with van der Waals surface area (Å²) in [4.78, 5) is 32.4. The molecule has 7 heteroatoms. The van der Waals surface area contributed by atoms with E-state index < -0.39 is 6.04 Å². The van der Waals surface area contributed by atoms with E-state index in [1.165, 1.54) is 6.92 Å². The average molecular weight is 336 g/mol. The van der Waals surface area contributed by atoms with E-state index in [2.05, 4.69) is 27.2 Å². The van der Waals surface area contributed by atoms with Crippen LogP contribution in [0.25, 0.3) is 0 Å². The van der Waals surface area contributed by atoms with Crippen LogP contribution in [-0.2, 0) is 16.1 Å². The van der Waals surface area contributed by atoms with Crippen molar-refractivity contribution in [2.45, 2.75) is 32.4 Å². The summed E-state index contributed by atoms with van der Waals surface area (Å²) in [6.45, 7) is 9.10. The Morgan fingerprint density at radius 3 is 2.91 bits per heavy atom. The number of thiazole rings is 1. The zero-order valence-electron chi connectivity index (χ0n) is 13.5. The van der Waals surface area contributed by atoms with Crippen LogP contribution in [0.5, 0.6) is 0 Å². The Hall–Kier alpha value is -1.73. The molecule has 6 nitrogen and oxygen atoms in total. The zero-order chi connectivity index (χ0) is 16.7. The molecule has 0 spiro atoms. The molecule has 1 aliphatic rings. The number of nitrogens with zero attached hydrogens (tertiary/aromatic N) is 3. The second-order valence-corrected chi connectivity index (χ2v) is 6.43. The predicted molar refractivity (Wildman–Crippen MR) is 91.0 cm³/mol. The number of amides is 2. The fraction of sp³-hybridized carbons (Fsp3) is 0.562. The molecule has 126 valence electrons. The van der Waals surface area contributed by atoms with Gasteiger partial charge in [-0.2, -0.15) is 0 Å². The molecular weight excluding hydrogens is 312 g/mol. The largest absolute Gasteiger partial charge is 0.344 e. The van der Waals surface area contributed by atoms with Crippen molar-refractivity contribution < 1.29 is 9.59 Å². The van der Waals surface area contributed by atoms with E-state index >= 15 is 0 Å². The molecule has 1 saturated heterocycles. The Bertz CT molecular complexity index is 532. The van der Waals surface area contributed by atoms with Crippen molar-refractivity contribution in [2.75, 3.05) is 26.2 Å². The molecule has 2 heterocycles. The Morgan fingerprint density at radius 1 is 1.43 bits per heavy atom. The molecule has 1 atom stereocenters. The van der Waals surface area contributed by atoms with Crippen LogP contribution >= 0.6 is 11.3 Å². The van der Waals surface area contributed by atoms with Crippen molar-refractivity contribution >= 4 is 23.2 Å². The number of hydrogen-bond donors (Lipinski definition) is 1. The molecule has 0 aromatic carbocycles. The maximum absolute atomic E-state index is 12.6. The summed E-state index contributed by atoms with van der Waals surface area (Å²) < 4.78 is 0. The van der Waals surface area contributed by atoms with E-state index in [4.69, 9.17) is 0 Å². The summed E-state index contributed by atoms with van der Waals surface area (Å²) in [7, 11) is 0. The van der Waals surface area contributed by atoms with Crippen molar-refractivity contribution in [1.29, 1.82) is 0 Å². The van der Waals surface area contributed by atoms with Crippen LogP contribution in [0.4, 0.5) is 0 Å². The smallest absolute Gasteiger partial charge is 0.245 e. The van der Waals surface area contributed by atoms with Crippen LogP contribution in [0.2, 0.25) is 0 Å². The Balaban J connectivity index is 1.91. The number of carbonyl (C=O) groups is 2. The molecule has 2 amide bonds. The first-order chi connectivity index (χ1) is 11.1. The third kappa shape index (κ3) is 5.44. The Labute approximate surface area is 141 Å². The molecular formula is C16H24N4O2S. The molecule has 0 aliphatic carbocycles. The van der Waals surface area contributed by atoms with Gasteiger partial charge in [-0.15, -0.1) is 17.9 Å². The van der Waals surface area contributed by atoms with Gasteiger partial charge in [0.15, 0.2) is 0 Å². The van der Waals surface area contributed by atoms with E-state index in [1.54, 1.807) is 17.4 Å². The molecule has 1 N–H and O–H groups in total. The molecule has 0 bridgehead atoms. The highest BCUT2D eigenvalue weighted by Gasteiger charge is 2.26. The van der Waals surface area contributed by atoms with Crippen LogP contribution in [-0.4, -0.2) is 58.8 Å². The molecule has 0 unspecified atom stereocenters. The number of aromatic nitrogens is 1. The highest BCUT2D eigenvalue weighted by molar-refractivity contribution is 7.07. The van der Waals surface area contributed by atoms with Gasteiger partial charge >= 0.3 is 0 Å². The Morgan fingerprint density at radius 2 is 2.26 bits per heavy atom. The first-order valence-corrected chi connectivity index (χ1v) is 8.80. The van der Waals surface area contributed by atoms with Gasteiger partial charge in [-0.05, 0) is 12.8 Å². The molecule has 1 fully saturated rings. The molecule has 0 radical (unpaired) electrons. The standard InChI is InChI=1S/C16H24N4O2S/c1-3-5-15(18-13(2)21)16(22)20-7-4-6-19(8-9-20)10-14-11-23-12-17-14/h3,11-12,15H,1,4-10H2,2H3,(H,18,21)/t15-/m0/s1. The maximum atomic E-state index is 12.6. The van der Waals surface area contributed by atoms with Crippen molar-refractivity contribution in [2.24, 2.45) is 0 Å². The topological polar surface area (TPSA) is 65.5 Å². The molecule has 1 aromatic rings. The van der Waals surface area contributed by atoms with Gasteiger partial charge in [0, 0.05) is 45.0 Å². The quantitative estimate of drug-likeness (QED) is 0.794. The summed E-state index contributed by atoms with van der Waals surface area (Å²) in [5, 5.41) is 4.78. The summed E-state index contributed by atoms with van der Waals surface area (Å²) in [5.74, 6) is -0.208. The predicted octanol–water partition coefficient (Wildman–Crippen LogP) is 1.26. The van der Waals surface area contributed by atoms with E-state index in [1.807, 2.05) is 10.4 Å². The van der Waals surface area contributed by atoms with Crippen molar-refractivity contribution in [1.82, 2.24) is 20.1 Å². The lowest BCUT2D eigenvalue weighted by atomic mass is 10.1. The van der Waals surface area contributed by atoms with E-state index in [0.29, 0.717) is 13.0 Å². The van der Waals surface area contributed by atoms with Crippen LogP contribution in [0.15, 0.2) is 23.5 Å². The van der Waals surface area contributed by atoms with E-state index in [9.17, 15) is 9.59 Å². The van der Waals surface area contributed by atoms with Crippen LogP contribution in [0.1, 0.15) is 25.5 Å². The summed E-state index contributed by atoms with van der Waals surface area (Å²) in [6, 6.07) is -0.505. The fourth-order valence-corrected chi connectivity index (χ4v) is 3.30. The molecule has 0 saturated carbocycles. The van der Waals surface area contributed by atoms with Crippen molar-refractivity contribution in [3.8, 4) is 0 Å². The van der Waals surface area contributed by atoms with Crippen LogP contribution in [0, 0.1) is 0 Å². The first kappa shape index (κ1) is 17.6. The maximum Gasteiger partial charge on any atom is 0.245 e. The lowest BCUT2D eigenvalue weighted by Crippen LogP contribution is -2.48. The van der Waals surface area contributed by atoms with Gasteiger partial charge in [0.05, 0.1) is 11.2 Å². The van der Waals surface area contributed by atoms with E-state index in [-0.39, 0.29) is 11.8 Å². The first-order valence-electron chi connectivity index (χ1n) is 7.86. The Kier molecular flexibility index (Phi) is 6.73. The lowest BCUT2D eigenvalue weighted by Gasteiger charge is -2.26. The highest BCUT2D eigenvalue weighted by atomic mass is 32.1.